The standard InChI is InChI=1S/C12H13Cl2N/c1-2-3-4-7-15-9-10-5-6-11(13)12(14)8-10/h1,5-6,8,15H,3-4,7,9H2. The molecular formula is C12H13Cl2N. The zero-order valence-electron chi connectivity index (χ0n) is 8.39. The van der Waals surface area contributed by atoms with Gasteiger partial charge in [-0.1, -0.05) is 29.3 Å². The SMILES string of the molecule is C#CCCCNCc1ccc(Cl)c(Cl)c1. The van der Waals surface area contributed by atoms with E-state index >= 15 is 0 Å². The average molecular weight is 242 g/mol. The molecule has 0 unspecified atom stereocenters. The van der Waals surface area contributed by atoms with Crippen LogP contribution in [0.2, 0.25) is 10.0 Å². The minimum atomic E-state index is 0.591. The van der Waals surface area contributed by atoms with Gasteiger partial charge in [0.15, 0.2) is 0 Å². The molecule has 1 nitrogen and oxygen atoms in total. The molecule has 0 atom stereocenters. The maximum absolute atomic E-state index is 5.89. The topological polar surface area (TPSA) is 12.0 Å². The number of hydrogen-bond donors (Lipinski definition) is 1. The number of rotatable bonds is 5. The van der Waals surface area contributed by atoms with Crippen LogP contribution in [0.15, 0.2) is 18.2 Å². The second kappa shape index (κ2) is 6.74. The number of benzene rings is 1. The third-order valence-electron chi connectivity index (χ3n) is 1.99. The van der Waals surface area contributed by atoms with E-state index in [1.807, 2.05) is 18.2 Å². The molecule has 0 saturated carbocycles. The molecule has 0 saturated heterocycles. The molecule has 80 valence electrons. The highest BCUT2D eigenvalue weighted by molar-refractivity contribution is 6.42. The van der Waals surface area contributed by atoms with Crippen LogP contribution in [0, 0.1) is 12.3 Å². The Bertz CT molecular complexity index is 355. The van der Waals surface area contributed by atoms with E-state index in [4.69, 9.17) is 29.6 Å². The molecule has 0 aromatic heterocycles. The van der Waals surface area contributed by atoms with Crippen LogP contribution in [0.4, 0.5) is 0 Å². The first-order chi connectivity index (χ1) is 7.24. The Morgan fingerprint density at radius 2 is 2.07 bits per heavy atom. The Balaban J connectivity index is 2.32. The Kier molecular flexibility index (Phi) is 5.57. The average Bonchev–Trinajstić information content (AvgIpc) is 2.23. The van der Waals surface area contributed by atoms with Crippen LogP contribution in [-0.4, -0.2) is 6.54 Å². The van der Waals surface area contributed by atoms with Crippen molar-refractivity contribution in [2.75, 3.05) is 6.54 Å². The van der Waals surface area contributed by atoms with Gasteiger partial charge in [-0.15, -0.1) is 12.3 Å². The summed E-state index contributed by atoms with van der Waals surface area (Å²) in [6.45, 7) is 1.71. The predicted octanol–water partition coefficient (Wildman–Crippen LogP) is 3.50. The van der Waals surface area contributed by atoms with Gasteiger partial charge in [-0.3, -0.25) is 0 Å². The van der Waals surface area contributed by atoms with Gasteiger partial charge >= 0.3 is 0 Å². The van der Waals surface area contributed by atoms with Crippen LogP contribution in [0.5, 0.6) is 0 Å². The van der Waals surface area contributed by atoms with Crippen molar-refractivity contribution in [2.45, 2.75) is 19.4 Å². The van der Waals surface area contributed by atoms with Crippen molar-refractivity contribution >= 4 is 23.2 Å². The number of terminal acetylenes is 1. The van der Waals surface area contributed by atoms with Gasteiger partial charge in [0.05, 0.1) is 10.0 Å². The van der Waals surface area contributed by atoms with E-state index in [9.17, 15) is 0 Å². The van der Waals surface area contributed by atoms with E-state index < -0.39 is 0 Å². The lowest BCUT2D eigenvalue weighted by molar-refractivity contribution is 0.659. The van der Waals surface area contributed by atoms with Crippen molar-refractivity contribution in [3.8, 4) is 12.3 Å². The fraction of sp³-hybridized carbons (Fsp3) is 0.333. The summed E-state index contributed by atoms with van der Waals surface area (Å²) in [5, 5.41) is 4.47. The molecule has 0 bridgehead atoms. The van der Waals surface area contributed by atoms with Crippen molar-refractivity contribution in [1.29, 1.82) is 0 Å². The molecule has 0 spiro atoms. The van der Waals surface area contributed by atoms with Gasteiger partial charge in [-0.25, -0.2) is 0 Å². The summed E-state index contributed by atoms with van der Waals surface area (Å²) in [4.78, 5) is 0. The van der Waals surface area contributed by atoms with E-state index in [0.29, 0.717) is 10.0 Å². The third-order valence-corrected chi connectivity index (χ3v) is 2.73. The molecule has 1 N–H and O–H groups in total. The van der Waals surface area contributed by atoms with E-state index in [2.05, 4.69) is 11.2 Å². The summed E-state index contributed by atoms with van der Waals surface area (Å²) < 4.78 is 0. The van der Waals surface area contributed by atoms with Crippen molar-refractivity contribution in [3.63, 3.8) is 0 Å². The Labute approximate surface area is 101 Å². The third kappa shape index (κ3) is 4.57. The van der Waals surface area contributed by atoms with E-state index in [1.54, 1.807) is 0 Å². The summed E-state index contributed by atoms with van der Waals surface area (Å²) in [5.74, 6) is 2.60. The van der Waals surface area contributed by atoms with Crippen LogP contribution in [-0.2, 0) is 6.54 Å². The molecule has 0 radical (unpaired) electrons. The molecule has 1 aromatic carbocycles. The normalized spacial score (nSPS) is 9.93. The summed E-state index contributed by atoms with van der Waals surface area (Å²) in [6, 6.07) is 5.64. The molecule has 3 heteroatoms. The van der Waals surface area contributed by atoms with Gasteiger partial charge < -0.3 is 5.32 Å². The van der Waals surface area contributed by atoms with E-state index in [1.165, 1.54) is 0 Å². The Morgan fingerprint density at radius 3 is 2.73 bits per heavy atom. The fourth-order valence-electron chi connectivity index (χ4n) is 1.20. The van der Waals surface area contributed by atoms with E-state index in [0.717, 1.165) is 31.5 Å². The van der Waals surface area contributed by atoms with Gasteiger partial charge in [0.2, 0.25) is 0 Å². The molecule has 0 heterocycles. The first kappa shape index (κ1) is 12.4. The van der Waals surface area contributed by atoms with Crippen LogP contribution in [0.3, 0.4) is 0 Å². The first-order valence-corrected chi connectivity index (χ1v) is 5.57. The molecule has 15 heavy (non-hydrogen) atoms. The maximum atomic E-state index is 5.89. The molecular weight excluding hydrogens is 229 g/mol. The molecule has 0 fully saturated rings. The van der Waals surface area contributed by atoms with Gasteiger partial charge in [-0.05, 0) is 30.7 Å². The summed E-state index contributed by atoms with van der Waals surface area (Å²) in [6.07, 6.45) is 6.96. The number of unbranched alkanes of at least 4 members (excludes halogenated alkanes) is 1. The molecule has 0 amide bonds. The number of halogens is 2. The maximum Gasteiger partial charge on any atom is 0.0595 e. The second-order valence-corrected chi connectivity index (χ2v) is 4.05. The number of nitrogens with one attached hydrogen (secondary N) is 1. The van der Waals surface area contributed by atoms with Crippen molar-refractivity contribution in [3.05, 3.63) is 33.8 Å². The minimum Gasteiger partial charge on any atom is -0.313 e. The van der Waals surface area contributed by atoms with Crippen molar-refractivity contribution < 1.29 is 0 Å². The smallest absolute Gasteiger partial charge is 0.0595 e. The quantitative estimate of drug-likeness (QED) is 0.615. The summed E-state index contributed by atoms with van der Waals surface area (Å²) in [7, 11) is 0. The van der Waals surface area contributed by atoms with Gasteiger partial charge in [0, 0.05) is 13.0 Å². The highest BCUT2D eigenvalue weighted by Crippen LogP contribution is 2.22. The van der Waals surface area contributed by atoms with Crippen molar-refractivity contribution in [1.82, 2.24) is 5.32 Å². The zero-order valence-corrected chi connectivity index (χ0v) is 9.91. The zero-order chi connectivity index (χ0) is 11.1. The first-order valence-electron chi connectivity index (χ1n) is 4.82. The minimum absolute atomic E-state index is 0.591. The predicted molar refractivity (Wildman–Crippen MR) is 66.2 cm³/mol. The van der Waals surface area contributed by atoms with Gasteiger partial charge in [0.1, 0.15) is 0 Å². The fourth-order valence-corrected chi connectivity index (χ4v) is 1.52. The molecule has 0 aliphatic carbocycles. The Hall–Kier alpha value is -0.680. The van der Waals surface area contributed by atoms with Gasteiger partial charge in [0.25, 0.3) is 0 Å². The molecule has 0 aliphatic heterocycles. The van der Waals surface area contributed by atoms with Crippen molar-refractivity contribution in [2.24, 2.45) is 0 Å². The lowest BCUT2D eigenvalue weighted by Gasteiger charge is -2.04. The second-order valence-electron chi connectivity index (χ2n) is 3.23. The van der Waals surface area contributed by atoms with Crippen LogP contribution in [0.25, 0.3) is 0 Å². The summed E-state index contributed by atoms with van der Waals surface area (Å²) >= 11 is 11.7. The molecule has 1 rings (SSSR count). The lowest BCUT2D eigenvalue weighted by Crippen LogP contribution is -2.14. The Morgan fingerprint density at radius 1 is 1.27 bits per heavy atom. The summed E-state index contributed by atoms with van der Waals surface area (Å²) in [5.41, 5.74) is 1.13. The highest BCUT2D eigenvalue weighted by atomic mass is 35.5. The number of hydrogen-bond acceptors (Lipinski definition) is 1. The molecule has 1 aromatic rings. The van der Waals surface area contributed by atoms with Crippen LogP contribution >= 0.6 is 23.2 Å². The monoisotopic (exact) mass is 241 g/mol. The van der Waals surface area contributed by atoms with Crippen LogP contribution < -0.4 is 5.32 Å². The van der Waals surface area contributed by atoms with Gasteiger partial charge in [-0.2, -0.15) is 0 Å². The highest BCUT2D eigenvalue weighted by Gasteiger charge is 1.98. The molecule has 0 aliphatic rings. The van der Waals surface area contributed by atoms with E-state index in [-0.39, 0.29) is 0 Å². The van der Waals surface area contributed by atoms with Crippen LogP contribution in [0.1, 0.15) is 18.4 Å². The lowest BCUT2D eigenvalue weighted by atomic mass is 10.2. The largest absolute Gasteiger partial charge is 0.313 e.